The Morgan fingerprint density at radius 2 is 1.75 bits per heavy atom. The van der Waals surface area contributed by atoms with E-state index in [1.54, 1.807) is 70.8 Å². The molecule has 1 fully saturated rings. The second kappa shape index (κ2) is 10.1. The van der Waals surface area contributed by atoms with Crippen molar-refractivity contribution in [2.75, 3.05) is 6.54 Å². The van der Waals surface area contributed by atoms with Crippen molar-refractivity contribution in [3.05, 3.63) is 47.5 Å². The number of aliphatic carboxylic acids is 1. The van der Waals surface area contributed by atoms with E-state index in [-0.39, 0.29) is 12.5 Å². The van der Waals surface area contributed by atoms with Gasteiger partial charge >= 0.3 is 18.2 Å². The van der Waals surface area contributed by atoms with Gasteiger partial charge in [-0.25, -0.2) is 19.5 Å². The molecule has 1 aromatic heterocycles. The summed E-state index contributed by atoms with van der Waals surface area (Å²) < 4.78 is 12.5. The molecule has 1 aliphatic carbocycles. The van der Waals surface area contributed by atoms with Crippen LogP contribution in [0.15, 0.2) is 36.8 Å². The van der Waals surface area contributed by atoms with Crippen molar-refractivity contribution < 1.29 is 29.0 Å². The Morgan fingerprint density at radius 3 is 2.28 bits per heavy atom. The number of rotatable bonds is 7. The Hall–Kier alpha value is -3.07. The summed E-state index contributed by atoms with van der Waals surface area (Å²) in [5, 5.41) is 10.6. The van der Waals surface area contributed by atoms with E-state index < -0.39 is 34.8 Å². The number of halogens is 1. The maximum atomic E-state index is 12.7. The van der Waals surface area contributed by atoms with Crippen LogP contribution in [0.4, 0.5) is 9.59 Å². The third-order valence-corrected chi connectivity index (χ3v) is 6.03. The molecule has 1 saturated carbocycles. The Bertz CT molecular complexity index is 1110. The highest BCUT2D eigenvalue weighted by atomic mass is 35.5. The molecule has 196 valence electrons. The lowest BCUT2D eigenvalue weighted by Crippen LogP contribution is -2.44. The summed E-state index contributed by atoms with van der Waals surface area (Å²) in [5.41, 5.74) is -1.42. The molecule has 2 atom stereocenters. The van der Waals surface area contributed by atoms with Crippen LogP contribution < -0.4 is 0 Å². The van der Waals surface area contributed by atoms with Crippen LogP contribution in [-0.4, -0.2) is 55.5 Å². The number of benzene rings is 1. The van der Waals surface area contributed by atoms with E-state index in [9.17, 15) is 19.5 Å². The average Bonchev–Trinajstić information content (AvgIpc) is 3.24. The number of hydrogen-bond donors (Lipinski definition) is 1. The van der Waals surface area contributed by atoms with Crippen molar-refractivity contribution in [3.63, 3.8) is 0 Å². The number of carbonyl (C=O) groups is 3. The molecule has 0 unspecified atom stereocenters. The van der Waals surface area contributed by atoms with Gasteiger partial charge in [-0.05, 0) is 84.9 Å². The molecule has 0 radical (unpaired) electrons. The number of ether oxygens (including phenoxy) is 2. The maximum Gasteiger partial charge on any atom is 0.419 e. The van der Waals surface area contributed by atoms with Gasteiger partial charge in [-0.2, -0.15) is 0 Å². The highest BCUT2D eigenvalue weighted by Crippen LogP contribution is 2.56. The van der Waals surface area contributed by atoms with Crippen LogP contribution in [0, 0.1) is 5.92 Å². The summed E-state index contributed by atoms with van der Waals surface area (Å²) in [7, 11) is 0. The van der Waals surface area contributed by atoms with Gasteiger partial charge in [0.25, 0.3) is 0 Å². The molecular formula is C26H34ClN3O6. The van der Waals surface area contributed by atoms with Crippen LogP contribution in [0.2, 0.25) is 5.02 Å². The summed E-state index contributed by atoms with van der Waals surface area (Å²) in [5.74, 6) is -1.13. The first kappa shape index (κ1) is 27.5. The number of carbonyl (C=O) groups excluding carboxylic acids is 2. The number of imidazole rings is 1. The topological polar surface area (TPSA) is 111 Å². The minimum Gasteiger partial charge on any atom is -0.481 e. The second-order valence-corrected chi connectivity index (χ2v) is 11.5. The van der Waals surface area contributed by atoms with Gasteiger partial charge < -0.3 is 19.1 Å². The number of aromatic nitrogens is 2. The Balaban J connectivity index is 1.69. The third-order valence-electron chi connectivity index (χ3n) is 5.79. The van der Waals surface area contributed by atoms with Gasteiger partial charge in [-0.1, -0.05) is 17.7 Å². The zero-order chi connectivity index (χ0) is 26.9. The maximum absolute atomic E-state index is 12.7. The largest absolute Gasteiger partial charge is 0.481 e. The van der Waals surface area contributed by atoms with Crippen molar-refractivity contribution in [1.29, 1.82) is 0 Å². The lowest BCUT2D eigenvalue weighted by molar-refractivity contribution is -0.140. The molecule has 1 heterocycles. The molecule has 0 saturated heterocycles. The van der Waals surface area contributed by atoms with Gasteiger partial charge in [0.15, 0.2) is 0 Å². The predicted molar refractivity (Wildman–Crippen MR) is 134 cm³/mol. The Morgan fingerprint density at radius 1 is 1.14 bits per heavy atom. The highest BCUT2D eigenvalue weighted by molar-refractivity contribution is 6.30. The molecule has 1 N–H and O–H groups in total. The molecule has 36 heavy (non-hydrogen) atoms. The van der Waals surface area contributed by atoms with E-state index >= 15 is 0 Å². The van der Waals surface area contributed by atoms with Crippen molar-refractivity contribution in [2.45, 2.75) is 77.4 Å². The summed E-state index contributed by atoms with van der Waals surface area (Å²) in [6.07, 6.45) is 3.01. The Kier molecular flexibility index (Phi) is 7.74. The summed E-state index contributed by atoms with van der Waals surface area (Å²) in [6.45, 7) is 10.3. The molecule has 0 aliphatic heterocycles. The number of amides is 2. The number of imide groups is 1. The smallest absolute Gasteiger partial charge is 0.419 e. The zero-order valence-electron chi connectivity index (χ0n) is 21.6. The van der Waals surface area contributed by atoms with E-state index in [1.165, 1.54) is 0 Å². The molecular weight excluding hydrogens is 486 g/mol. The zero-order valence-corrected chi connectivity index (χ0v) is 22.3. The van der Waals surface area contributed by atoms with Crippen LogP contribution in [0.5, 0.6) is 0 Å². The Labute approximate surface area is 216 Å². The lowest BCUT2D eigenvalue weighted by Gasteiger charge is -2.28. The standard InChI is InChI=1S/C26H34ClN3O6/c1-24(2,3)35-22(33)30(23(34)36-25(4,5)6)12-8-9-17-14-26(17,21(31)32)20-15-29(16-28-20)19-11-7-10-18(27)13-19/h7,10-11,13,15-17H,8-9,12,14H2,1-6H3,(H,31,32)/t17-,26+/m0/s1. The number of carboxylic acids is 1. The second-order valence-electron chi connectivity index (χ2n) is 11.1. The van der Waals surface area contributed by atoms with Crippen molar-refractivity contribution >= 4 is 29.8 Å². The van der Waals surface area contributed by atoms with E-state index in [1.807, 2.05) is 12.1 Å². The van der Waals surface area contributed by atoms with Crippen molar-refractivity contribution in [3.8, 4) is 5.69 Å². The fraction of sp³-hybridized carbons (Fsp3) is 0.538. The molecule has 10 heteroatoms. The summed E-state index contributed by atoms with van der Waals surface area (Å²) in [6, 6.07) is 7.20. The number of hydrogen-bond acceptors (Lipinski definition) is 6. The molecule has 2 aromatic rings. The lowest BCUT2D eigenvalue weighted by atomic mass is 9.97. The first-order valence-corrected chi connectivity index (χ1v) is 12.3. The summed E-state index contributed by atoms with van der Waals surface area (Å²) >= 11 is 6.08. The predicted octanol–water partition coefficient (Wildman–Crippen LogP) is 5.82. The minimum absolute atomic E-state index is 0.0486. The van der Waals surface area contributed by atoms with Gasteiger partial charge in [0, 0.05) is 23.5 Å². The highest BCUT2D eigenvalue weighted by Gasteiger charge is 2.62. The van der Waals surface area contributed by atoms with E-state index in [4.69, 9.17) is 21.1 Å². The van der Waals surface area contributed by atoms with E-state index in [0.717, 1.165) is 10.6 Å². The minimum atomic E-state index is -1.10. The SMILES string of the molecule is CC(C)(C)OC(=O)N(CCC[C@H]1C[C@]1(C(=O)O)c1cn(-c2cccc(Cl)c2)cn1)C(=O)OC(C)(C)C. The fourth-order valence-electron chi connectivity index (χ4n) is 4.08. The van der Waals surface area contributed by atoms with Gasteiger partial charge in [0.1, 0.15) is 16.6 Å². The van der Waals surface area contributed by atoms with Crippen molar-refractivity contribution in [2.24, 2.45) is 5.92 Å². The number of nitrogens with zero attached hydrogens (tertiary/aromatic N) is 3. The van der Waals surface area contributed by atoms with Gasteiger partial charge in [0.2, 0.25) is 0 Å². The van der Waals surface area contributed by atoms with Gasteiger partial charge in [0.05, 0.1) is 12.0 Å². The molecule has 1 aliphatic rings. The summed E-state index contributed by atoms with van der Waals surface area (Å²) in [4.78, 5) is 43.0. The molecule has 0 bridgehead atoms. The molecule has 3 rings (SSSR count). The van der Waals surface area contributed by atoms with Crippen LogP contribution in [-0.2, 0) is 19.7 Å². The van der Waals surface area contributed by atoms with Crippen LogP contribution in [0.25, 0.3) is 5.69 Å². The normalized spacial score (nSPS) is 19.5. The first-order valence-electron chi connectivity index (χ1n) is 11.9. The molecule has 2 amide bonds. The monoisotopic (exact) mass is 519 g/mol. The molecule has 9 nitrogen and oxygen atoms in total. The fourth-order valence-corrected chi connectivity index (χ4v) is 4.27. The number of carboxylic acid groups (broad SMARTS) is 1. The van der Waals surface area contributed by atoms with Crippen LogP contribution >= 0.6 is 11.6 Å². The van der Waals surface area contributed by atoms with Gasteiger partial charge in [-0.3, -0.25) is 4.79 Å². The van der Waals surface area contributed by atoms with Crippen LogP contribution in [0.1, 0.15) is 66.5 Å². The van der Waals surface area contributed by atoms with E-state index in [2.05, 4.69) is 4.98 Å². The van der Waals surface area contributed by atoms with E-state index in [0.29, 0.717) is 30.0 Å². The van der Waals surface area contributed by atoms with Crippen molar-refractivity contribution in [1.82, 2.24) is 14.5 Å². The van der Waals surface area contributed by atoms with Crippen LogP contribution in [0.3, 0.4) is 0 Å². The molecule has 1 aromatic carbocycles. The van der Waals surface area contributed by atoms with Gasteiger partial charge in [-0.15, -0.1) is 0 Å². The average molecular weight is 520 g/mol. The third kappa shape index (κ3) is 6.57. The first-order chi connectivity index (χ1) is 16.6. The quantitative estimate of drug-likeness (QED) is 0.490. The molecule has 0 spiro atoms.